The number of benzene rings is 2. The van der Waals surface area contributed by atoms with Gasteiger partial charge in [0.15, 0.2) is 0 Å². The molecule has 0 fully saturated rings. The third-order valence-corrected chi connectivity index (χ3v) is 12.0. The average Bonchev–Trinajstić information content (AvgIpc) is 2.86. The van der Waals surface area contributed by atoms with Gasteiger partial charge in [-0.3, -0.25) is 0 Å². The molecule has 0 aromatic heterocycles. The van der Waals surface area contributed by atoms with E-state index in [1.165, 1.54) is 61.7 Å². The van der Waals surface area contributed by atoms with Crippen LogP contribution in [0.4, 0.5) is 0 Å². The van der Waals surface area contributed by atoms with Crippen LogP contribution in [0.3, 0.4) is 0 Å². The van der Waals surface area contributed by atoms with Crippen LogP contribution in [-0.2, 0) is 4.43 Å². The maximum Gasteiger partial charge on any atom is 0.261 e. The smallest absolute Gasteiger partial charge is 0.261 e. The van der Waals surface area contributed by atoms with E-state index in [-0.39, 0.29) is 5.04 Å². The Morgan fingerprint density at radius 1 is 0.743 bits per heavy atom. The van der Waals surface area contributed by atoms with Crippen molar-refractivity contribution in [1.82, 2.24) is 0 Å². The molecule has 0 aliphatic rings. The minimum absolute atomic E-state index is 0.0348. The Bertz CT molecular complexity index is 821. The fraction of sp³-hybridized carbons (Fsp3) is 0.515. The molecule has 0 aliphatic heterocycles. The van der Waals surface area contributed by atoms with Crippen molar-refractivity contribution in [1.29, 1.82) is 0 Å². The van der Waals surface area contributed by atoms with Gasteiger partial charge in [-0.15, -0.1) is 0 Å². The topological polar surface area (TPSA) is 9.23 Å². The normalized spacial score (nSPS) is 13.0. The lowest BCUT2D eigenvalue weighted by Gasteiger charge is -2.43. The number of hydrogen-bond acceptors (Lipinski definition) is 1. The molecular formula is C33H50OSi. The van der Waals surface area contributed by atoms with Crippen molar-refractivity contribution in [2.24, 2.45) is 0 Å². The molecule has 0 atom stereocenters. The van der Waals surface area contributed by atoms with E-state index in [2.05, 4.69) is 114 Å². The molecule has 0 aliphatic carbocycles. The zero-order valence-corrected chi connectivity index (χ0v) is 24.2. The molecule has 0 bridgehead atoms. The van der Waals surface area contributed by atoms with Crippen LogP contribution in [0.2, 0.25) is 5.04 Å². The second-order valence-electron chi connectivity index (χ2n) is 10.8. The SMILES string of the molecule is CCCCC/C=C(/C/C=C/CCO[Si](c1ccccc1)(c1ccccc1)C(C)(C)C)CCCCC. The molecule has 2 heteroatoms. The van der Waals surface area contributed by atoms with Gasteiger partial charge in [-0.2, -0.15) is 0 Å². The minimum Gasteiger partial charge on any atom is -0.407 e. The molecule has 2 aromatic carbocycles. The van der Waals surface area contributed by atoms with Crippen LogP contribution >= 0.6 is 0 Å². The highest BCUT2D eigenvalue weighted by Crippen LogP contribution is 2.36. The molecule has 35 heavy (non-hydrogen) atoms. The predicted octanol–water partition coefficient (Wildman–Crippen LogP) is 8.99. The molecule has 192 valence electrons. The number of allylic oxidation sites excluding steroid dienone is 3. The highest BCUT2D eigenvalue weighted by molar-refractivity contribution is 6.99. The van der Waals surface area contributed by atoms with Gasteiger partial charge in [0.2, 0.25) is 0 Å². The first kappa shape index (κ1) is 29.3. The Morgan fingerprint density at radius 2 is 1.31 bits per heavy atom. The van der Waals surface area contributed by atoms with Crippen LogP contribution in [0.25, 0.3) is 0 Å². The largest absolute Gasteiger partial charge is 0.407 e. The van der Waals surface area contributed by atoms with E-state index in [1.54, 1.807) is 5.57 Å². The molecule has 0 unspecified atom stereocenters. The Morgan fingerprint density at radius 3 is 1.86 bits per heavy atom. The van der Waals surface area contributed by atoms with Gasteiger partial charge in [0, 0.05) is 6.61 Å². The molecular weight excluding hydrogens is 440 g/mol. The van der Waals surface area contributed by atoms with E-state index in [1.807, 2.05) is 0 Å². The third-order valence-electron chi connectivity index (χ3n) is 6.91. The van der Waals surface area contributed by atoms with Crippen molar-refractivity contribution in [3.05, 3.63) is 84.5 Å². The Balaban J connectivity index is 2.08. The Hall–Kier alpha value is -1.90. The first-order chi connectivity index (χ1) is 17.0. The lowest BCUT2D eigenvalue weighted by molar-refractivity contribution is 0.304. The molecule has 1 nitrogen and oxygen atoms in total. The van der Waals surface area contributed by atoms with E-state index < -0.39 is 8.32 Å². The van der Waals surface area contributed by atoms with Crippen LogP contribution < -0.4 is 10.4 Å². The van der Waals surface area contributed by atoms with Gasteiger partial charge in [-0.1, -0.05) is 145 Å². The maximum absolute atomic E-state index is 7.02. The van der Waals surface area contributed by atoms with Crippen LogP contribution in [0, 0.1) is 0 Å². The third kappa shape index (κ3) is 9.24. The molecule has 0 spiro atoms. The molecule has 0 saturated heterocycles. The molecule has 0 radical (unpaired) electrons. The van der Waals surface area contributed by atoms with E-state index in [0.29, 0.717) is 0 Å². The van der Waals surface area contributed by atoms with E-state index >= 15 is 0 Å². The highest BCUT2D eigenvalue weighted by Gasteiger charge is 2.49. The van der Waals surface area contributed by atoms with Gasteiger partial charge in [0.25, 0.3) is 8.32 Å². The van der Waals surface area contributed by atoms with Crippen molar-refractivity contribution >= 4 is 18.7 Å². The van der Waals surface area contributed by atoms with Crippen LogP contribution in [0.1, 0.15) is 98.8 Å². The lowest BCUT2D eigenvalue weighted by Crippen LogP contribution is -2.66. The Kier molecular flexibility index (Phi) is 13.4. The summed E-state index contributed by atoms with van der Waals surface area (Å²) in [6.45, 7) is 12.4. The maximum atomic E-state index is 7.02. The van der Waals surface area contributed by atoms with Crippen LogP contribution in [0.5, 0.6) is 0 Å². The summed E-state index contributed by atoms with van der Waals surface area (Å²) in [7, 11) is -2.42. The second-order valence-corrected chi connectivity index (χ2v) is 15.1. The number of rotatable bonds is 16. The average molecular weight is 491 g/mol. The summed E-state index contributed by atoms with van der Waals surface area (Å²) in [6, 6.07) is 21.9. The monoisotopic (exact) mass is 490 g/mol. The molecule has 0 heterocycles. The second kappa shape index (κ2) is 16.0. The fourth-order valence-corrected chi connectivity index (χ4v) is 9.56. The van der Waals surface area contributed by atoms with Crippen molar-refractivity contribution in [2.45, 2.75) is 104 Å². The zero-order valence-electron chi connectivity index (χ0n) is 23.2. The summed E-state index contributed by atoms with van der Waals surface area (Å²) in [5.74, 6) is 0. The number of hydrogen-bond donors (Lipinski definition) is 0. The van der Waals surface area contributed by atoms with E-state index in [0.717, 1.165) is 19.4 Å². The molecule has 0 amide bonds. The predicted molar refractivity (Wildman–Crippen MR) is 158 cm³/mol. The van der Waals surface area contributed by atoms with Gasteiger partial charge >= 0.3 is 0 Å². The van der Waals surface area contributed by atoms with Gasteiger partial charge < -0.3 is 4.43 Å². The van der Waals surface area contributed by atoms with Crippen molar-refractivity contribution in [3.8, 4) is 0 Å². The number of unbranched alkanes of at least 4 members (excludes halogenated alkanes) is 5. The van der Waals surface area contributed by atoms with Crippen LogP contribution in [-0.4, -0.2) is 14.9 Å². The summed E-state index contributed by atoms with van der Waals surface area (Å²) >= 11 is 0. The summed E-state index contributed by atoms with van der Waals surface area (Å²) in [5, 5.41) is 2.75. The van der Waals surface area contributed by atoms with Crippen molar-refractivity contribution in [3.63, 3.8) is 0 Å². The molecule has 2 aromatic rings. The first-order valence-corrected chi connectivity index (χ1v) is 15.9. The summed E-state index contributed by atoms with van der Waals surface area (Å²) in [4.78, 5) is 0. The van der Waals surface area contributed by atoms with E-state index in [9.17, 15) is 0 Å². The van der Waals surface area contributed by atoms with E-state index in [4.69, 9.17) is 4.43 Å². The first-order valence-electron chi connectivity index (χ1n) is 14.0. The van der Waals surface area contributed by atoms with Gasteiger partial charge in [-0.25, -0.2) is 0 Å². The van der Waals surface area contributed by atoms with Crippen molar-refractivity contribution in [2.75, 3.05) is 6.61 Å². The van der Waals surface area contributed by atoms with Crippen LogP contribution in [0.15, 0.2) is 84.5 Å². The minimum atomic E-state index is -2.42. The lowest BCUT2D eigenvalue weighted by atomic mass is 10.0. The fourth-order valence-electron chi connectivity index (χ4n) is 4.98. The standard InChI is InChI=1S/C33H50OSi/c1-6-8-10-15-23-30(22-14-9-7-2)24-16-13-21-29-34-35(33(3,4)5,31-25-17-11-18-26-31)32-27-19-12-20-28-32/h11-13,16-20,23,25-28H,6-10,14-15,21-22,24,29H2,1-5H3/b16-13+,30-23+. The molecule has 0 saturated carbocycles. The summed E-state index contributed by atoms with van der Waals surface area (Å²) in [5.41, 5.74) is 1.62. The summed E-state index contributed by atoms with van der Waals surface area (Å²) in [6.07, 6.45) is 19.7. The molecule has 0 N–H and O–H groups in total. The summed E-state index contributed by atoms with van der Waals surface area (Å²) < 4.78 is 7.02. The highest BCUT2D eigenvalue weighted by atomic mass is 28.4. The van der Waals surface area contributed by atoms with Gasteiger partial charge in [0.1, 0.15) is 0 Å². The van der Waals surface area contributed by atoms with Crippen molar-refractivity contribution < 1.29 is 4.43 Å². The molecule has 2 rings (SSSR count). The Labute approximate surface area is 217 Å². The zero-order chi connectivity index (χ0) is 25.4. The van der Waals surface area contributed by atoms with Gasteiger partial charge in [-0.05, 0) is 53.9 Å². The van der Waals surface area contributed by atoms with Gasteiger partial charge in [0.05, 0.1) is 0 Å². The quantitative estimate of drug-likeness (QED) is 0.130.